The van der Waals surface area contributed by atoms with E-state index in [2.05, 4.69) is 11.9 Å². The summed E-state index contributed by atoms with van der Waals surface area (Å²) in [5.41, 5.74) is 5.44. The number of rotatable bonds is 4. The van der Waals surface area contributed by atoms with Crippen LogP contribution in [0, 0.1) is 0 Å². The van der Waals surface area contributed by atoms with Crippen LogP contribution in [0.15, 0.2) is 12.7 Å². The minimum absolute atomic E-state index is 0. The van der Waals surface area contributed by atoms with Crippen molar-refractivity contribution in [3.63, 3.8) is 0 Å². The first-order chi connectivity index (χ1) is 3.77. The van der Waals surface area contributed by atoms with E-state index in [-0.39, 0.29) is 18.4 Å². The molecule has 0 aromatic heterocycles. The fourth-order valence-electron chi connectivity index (χ4n) is 0.413. The van der Waals surface area contributed by atoms with Gasteiger partial charge in [-0.25, -0.2) is 0 Å². The van der Waals surface area contributed by atoms with Crippen molar-refractivity contribution >= 4 is 12.4 Å². The summed E-state index contributed by atoms with van der Waals surface area (Å²) in [6.07, 6.45) is 1.82. The quantitative estimate of drug-likeness (QED) is 0.453. The van der Waals surface area contributed by atoms with Crippen LogP contribution in [0.2, 0.25) is 0 Å². The Hall–Kier alpha value is -0.0500. The summed E-state index contributed by atoms with van der Waals surface area (Å²) >= 11 is 0. The zero-order chi connectivity index (χ0) is 6.41. The summed E-state index contributed by atoms with van der Waals surface area (Å²) in [5.74, 6) is 0. The summed E-state index contributed by atoms with van der Waals surface area (Å²) in [7, 11) is 0. The maximum absolute atomic E-state index is 5.44. The van der Waals surface area contributed by atoms with E-state index in [1.807, 2.05) is 13.0 Å². The third-order valence-electron chi connectivity index (χ3n) is 0.755. The van der Waals surface area contributed by atoms with Gasteiger partial charge < -0.3 is 11.1 Å². The molecule has 56 valence electrons. The summed E-state index contributed by atoms with van der Waals surface area (Å²) in [4.78, 5) is 0. The zero-order valence-corrected chi connectivity index (χ0v) is 6.58. The van der Waals surface area contributed by atoms with Crippen LogP contribution in [-0.4, -0.2) is 19.1 Å². The lowest BCUT2D eigenvalue weighted by Crippen LogP contribution is -2.30. The van der Waals surface area contributed by atoms with Gasteiger partial charge in [0.15, 0.2) is 0 Å². The van der Waals surface area contributed by atoms with Gasteiger partial charge in [0.1, 0.15) is 0 Å². The molecule has 9 heavy (non-hydrogen) atoms. The number of hydrogen-bond donors (Lipinski definition) is 2. The van der Waals surface area contributed by atoms with Crippen molar-refractivity contribution in [1.82, 2.24) is 5.32 Å². The van der Waals surface area contributed by atoms with Gasteiger partial charge in [0.25, 0.3) is 0 Å². The van der Waals surface area contributed by atoms with Crippen molar-refractivity contribution in [1.29, 1.82) is 0 Å². The van der Waals surface area contributed by atoms with E-state index in [0.29, 0.717) is 0 Å². The first-order valence-electron chi connectivity index (χ1n) is 2.84. The maximum atomic E-state index is 5.44. The van der Waals surface area contributed by atoms with Crippen LogP contribution in [-0.2, 0) is 0 Å². The van der Waals surface area contributed by atoms with Gasteiger partial charge in [-0.2, -0.15) is 0 Å². The molecule has 0 aromatic rings. The van der Waals surface area contributed by atoms with Crippen molar-refractivity contribution in [2.45, 2.75) is 13.0 Å². The Labute approximate surface area is 62.9 Å². The predicted octanol–water partition coefficient (Wildman–Crippen LogP) is 0.531. The largest absolute Gasteiger partial charge is 0.327 e. The van der Waals surface area contributed by atoms with Crippen LogP contribution < -0.4 is 11.1 Å². The highest BCUT2D eigenvalue weighted by Crippen LogP contribution is 1.68. The van der Waals surface area contributed by atoms with E-state index >= 15 is 0 Å². The lowest BCUT2D eigenvalue weighted by atomic mass is 10.4. The summed E-state index contributed by atoms with van der Waals surface area (Å²) < 4.78 is 0. The van der Waals surface area contributed by atoms with Gasteiger partial charge in [0.05, 0.1) is 0 Å². The zero-order valence-electron chi connectivity index (χ0n) is 5.76. The molecule has 0 radical (unpaired) electrons. The number of halogens is 1. The number of hydrogen-bond acceptors (Lipinski definition) is 2. The lowest BCUT2D eigenvalue weighted by Gasteiger charge is -2.02. The average Bonchev–Trinajstić information content (AvgIpc) is 1.66. The second-order valence-electron chi connectivity index (χ2n) is 1.92. The topological polar surface area (TPSA) is 38.0 Å². The molecule has 0 bridgehead atoms. The molecule has 0 fully saturated rings. The highest BCUT2D eigenvalue weighted by molar-refractivity contribution is 5.85. The molecular weight excluding hydrogens is 136 g/mol. The molecule has 0 aliphatic carbocycles. The Morgan fingerprint density at radius 1 is 1.78 bits per heavy atom. The lowest BCUT2D eigenvalue weighted by molar-refractivity contribution is 0.642. The molecule has 0 aliphatic heterocycles. The highest BCUT2D eigenvalue weighted by atomic mass is 35.5. The maximum Gasteiger partial charge on any atom is 0.0136 e. The Morgan fingerprint density at radius 3 is 2.67 bits per heavy atom. The molecule has 0 aromatic carbocycles. The summed E-state index contributed by atoms with van der Waals surface area (Å²) in [6, 6.07) is 0.245. The fourth-order valence-corrected chi connectivity index (χ4v) is 0.413. The fraction of sp³-hybridized carbons (Fsp3) is 0.667. The Bertz CT molecular complexity index is 64.1. The van der Waals surface area contributed by atoms with E-state index in [1.54, 1.807) is 0 Å². The van der Waals surface area contributed by atoms with Crippen molar-refractivity contribution in [3.8, 4) is 0 Å². The summed E-state index contributed by atoms with van der Waals surface area (Å²) in [5, 5.41) is 3.09. The predicted molar refractivity (Wildman–Crippen MR) is 44.0 cm³/mol. The number of nitrogens with one attached hydrogen (secondary N) is 1. The van der Waals surface area contributed by atoms with Crippen molar-refractivity contribution in [3.05, 3.63) is 12.7 Å². The van der Waals surface area contributed by atoms with Gasteiger partial charge in [-0.3, -0.25) is 0 Å². The Morgan fingerprint density at radius 2 is 2.33 bits per heavy atom. The average molecular weight is 151 g/mol. The standard InChI is InChI=1S/C6H14N2.ClH/c1-3-4-8-5-6(2)7;/h3,6,8H,1,4-5,7H2,2H3;1H. The highest BCUT2D eigenvalue weighted by Gasteiger charge is 1.87. The van der Waals surface area contributed by atoms with Gasteiger partial charge in [-0.1, -0.05) is 6.08 Å². The molecule has 0 saturated heterocycles. The van der Waals surface area contributed by atoms with Gasteiger partial charge >= 0.3 is 0 Å². The Kier molecular flexibility index (Phi) is 10.3. The van der Waals surface area contributed by atoms with Crippen molar-refractivity contribution < 1.29 is 0 Å². The molecule has 2 nitrogen and oxygen atoms in total. The first-order valence-corrected chi connectivity index (χ1v) is 2.84. The van der Waals surface area contributed by atoms with E-state index in [1.165, 1.54) is 0 Å². The van der Waals surface area contributed by atoms with Gasteiger partial charge in [0.2, 0.25) is 0 Å². The molecule has 0 heterocycles. The van der Waals surface area contributed by atoms with E-state index < -0.39 is 0 Å². The molecule has 1 atom stereocenters. The second-order valence-corrected chi connectivity index (χ2v) is 1.92. The van der Waals surface area contributed by atoms with Crippen molar-refractivity contribution in [2.75, 3.05) is 13.1 Å². The molecule has 0 saturated carbocycles. The van der Waals surface area contributed by atoms with Crippen LogP contribution in [0.1, 0.15) is 6.92 Å². The third-order valence-corrected chi connectivity index (χ3v) is 0.755. The SMILES string of the molecule is C=CCNCC(C)N.Cl. The molecule has 0 rings (SSSR count). The van der Waals surface area contributed by atoms with Crippen LogP contribution in [0.5, 0.6) is 0 Å². The molecule has 0 spiro atoms. The van der Waals surface area contributed by atoms with E-state index in [4.69, 9.17) is 5.73 Å². The normalized spacial score (nSPS) is 11.8. The Balaban J connectivity index is 0. The molecule has 3 N–H and O–H groups in total. The van der Waals surface area contributed by atoms with Crippen LogP contribution in [0.4, 0.5) is 0 Å². The molecule has 1 unspecified atom stereocenters. The van der Waals surface area contributed by atoms with Gasteiger partial charge in [-0.15, -0.1) is 19.0 Å². The molecule has 0 aliphatic rings. The third kappa shape index (κ3) is 11.5. The van der Waals surface area contributed by atoms with Crippen LogP contribution >= 0.6 is 12.4 Å². The monoisotopic (exact) mass is 150 g/mol. The van der Waals surface area contributed by atoms with Crippen LogP contribution in [0.25, 0.3) is 0 Å². The molecule has 3 heteroatoms. The minimum Gasteiger partial charge on any atom is -0.327 e. The minimum atomic E-state index is 0. The first kappa shape index (κ1) is 11.7. The smallest absolute Gasteiger partial charge is 0.0136 e. The van der Waals surface area contributed by atoms with Crippen molar-refractivity contribution in [2.24, 2.45) is 5.73 Å². The number of nitrogens with two attached hydrogens (primary N) is 1. The van der Waals surface area contributed by atoms with Gasteiger partial charge in [0, 0.05) is 19.1 Å². The van der Waals surface area contributed by atoms with Crippen LogP contribution in [0.3, 0.4) is 0 Å². The second kappa shape index (κ2) is 7.95. The van der Waals surface area contributed by atoms with E-state index in [0.717, 1.165) is 13.1 Å². The van der Waals surface area contributed by atoms with E-state index in [9.17, 15) is 0 Å². The molecule has 0 amide bonds. The molecular formula is C6H15ClN2. The van der Waals surface area contributed by atoms with Gasteiger partial charge in [-0.05, 0) is 6.92 Å². The summed E-state index contributed by atoms with van der Waals surface area (Å²) in [6.45, 7) is 7.24.